The minimum atomic E-state index is -0.686. The maximum atomic E-state index is 12.8. The van der Waals surface area contributed by atoms with Crippen LogP contribution in [0.15, 0.2) is 58.3 Å². The first-order chi connectivity index (χ1) is 16.0. The molecule has 4 rings (SSSR count). The Balaban J connectivity index is 1.66. The molecule has 2 heterocycles. The SMILES string of the molecule is COc1ccc(/C=N\NC(=O)c2nnn(-c3nonc3N)c2-c2ccc([N+](=O)[O-])cc2)cc1. The highest BCUT2D eigenvalue weighted by Gasteiger charge is 2.25. The van der Waals surface area contributed by atoms with E-state index in [9.17, 15) is 14.9 Å². The van der Waals surface area contributed by atoms with Gasteiger partial charge >= 0.3 is 0 Å². The van der Waals surface area contributed by atoms with E-state index in [4.69, 9.17) is 10.5 Å². The molecule has 0 saturated heterocycles. The molecule has 14 heteroatoms. The zero-order valence-corrected chi connectivity index (χ0v) is 16.9. The van der Waals surface area contributed by atoms with Gasteiger partial charge in [0, 0.05) is 17.7 Å². The fourth-order valence-corrected chi connectivity index (χ4v) is 2.83. The summed E-state index contributed by atoms with van der Waals surface area (Å²) in [4.78, 5) is 23.3. The maximum absolute atomic E-state index is 12.8. The summed E-state index contributed by atoms with van der Waals surface area (Å²) >= 11 is 0. The van der Waals surface area contributed by atoms with Crippen molar-refractivity contribution in [3.63, 3.8) is 0 Å². The number of carbonyl (C=O) groups excluding carboxylic acids is 1. The van der Waals surface area contributed by atoms with Crippen LogP contribution in [-0.2, 0) is 0 Å². The van der Waals surface area contributed by atoms with Gasteiger partial charge in [0.15, 0.2) is 5.69 Å². The highest BCUT2D eigenvalue weighted by Crippen LogP contribution is 2.28. The Kier molecular flexibility index (Phi) is 5.71. The lowest BCUT2D eigenvalue weighted by Gasteiger charge is -2.05. The molecule has 0 aliphatic heterocycles. The van der Waals surface area contributed by atoms with Gasteiger partial charge in [-0.05, 0) is 52.3 Å². The van der Waals surface area contributed by atoms with E-state index < -0.39 is 10.8 Å². The van der Waals surface area contributed by atoms with Gasteiger partial charge in [-0.3, -0.25) is 14.9 Å². The fourth-order valence-electron chi connectivity index (χ4n) is 2.83. The van der Waals surface area contributed by atoms with Gasteiger partial charge in [0.2, 0.25) is 11.6 Å². The van der Waals surface area contributed by atoms with E-state index in [-0.39, 0.29) is 28.7 Å². The number of anilines is 1. The first-order valence-corrected chi connectivity index (χ1v) is 9.24. The van der Waals surface area contributed by atoms with E-state index in [2.05, 4.69) is 35.8 Å². The van der Waals surface area contributed by atoms with Crippen molar-refractivity contribution in [2.45, 2.75) is 0 Å². The second-order valence-electron chi connectivity index (χ2n) is 6.45. The third-order valence-electron chi connectivity index (χ3n) is 4.43. The van der Waals surface area contributed by atoms with Crippen molar-refractivity contribution in [1.82, 2.24) is 30.7 Å². The summed E-state index contributed by atoms with van der Waals surface area (Å²) in [6.45, 7) is 0. The summed E-state index contributed by atoms with van der Waals surface area (Å²) in [5.74, 6) is -0.0965. The number of aromatic nitrogens is 5. The van der Waals surface area contributed by atoms with E-state index >= 15 is 0 Å². The van der Waals surface area contributed by atoms with Crippen LogP contribution in [-0.4, -0.2) is 49.5 Å². The van der Waals surface area contributed by atoms with Crippen molar-refractivity contribution in [1.29, 1.82) is 0 Å². The lowest BCUT2D eigenvalue weighted by atomic mass is 10.1. The molecule has 0 bridgehead atoms. The number of hydrazone groups is 1. The van der Waals surface area contributed by atoms with E-state index in [1.807, 2.05) is 0 Å². The minimum Gasteiger partial charge on any atom is -0.497 e. The molecule has 0 saturated carbocycles. The molecule has 166 valence electrons. The van der Waals surface area contributed by atoms with E-state index in [0.29, 0.717) is 11.3 Å². The topological polar surface area (TPSA) is 189 Å². The average molecular weight is 449 g/mol. The van der Waals surface area contributed by atoms with Crippen LogP contribution in [0, 0.1) is 10.1 Å². The summed E-state index contributed by atoms with van der Waals surface area (Å²) in [6.07, 6.45) is 1.44. The van der Waals surface area contributed by atoms with Crippen molar-refractivity contribution in [2.24, 2.45) is 5.10 Å². The number of amides is 1. The molecule has 0 atom stereocenters. The maximum Gasteiger partial charge on any atom is 0.294 e. The van der Waals surface area contributed by atoms with Crippen LogP contribution in [0.5, 0.6) is 5.75 Å². The lowest BCUT2D eigenvalue weighted by Crippen LogP contribution is -2.19. The molecular weight excluding hydrogens is 434 g/mol. The quantitative estimate of drug-likeness (QED) is 0.238. The third-order valence-corrected chi connectivity index (χ3v) is 4.43. The van der Waals surface area contributed by atoms with Crippen molar-refractivity contribution < 1.29 is 19.1 Å². The number of nitro benzene ring substituents is 1. The number of methoxy groups -OCH3 is 1. The van der Waals surface area contributed by atoms with Crippen LogP contribution in [0.3, 0.4) is 0 Å². The first kappa shape index (κ1) is 21.1. The van der Waals surface area contributed by atoms with Gasteiger partial charge in [0.25, 0.3) is 11.6 Å². The molecule has 2 aromatic heterocycles. The van der Waals surface area contributed by atoms with Gasteiger partial charge in [-0.15, -0.1) is 5.10 Å². The van der Waals surface area contributed by atoms with E-state index in [0.717, 1.165) is 10.2 Å². The molecule has 3 N–H and O–H groups in total. The Labute approximate surface area is 184 Å². The van der Waals surface area contributed by atoms with Crippen LogP contribution in [0.25, 0.3) is 17.1 Å². The molecule has 14 nitrogen and oxygen atoms in total. The largest absolute Gasteiger partial charge is 0.497 e. The van der Waals surface area contributed by atoms with Gasteiger partial charge < -0.3 is 10.5 Å². The predicted molar refractivity (Wildman–Crippen MR) is 114 cm³/mol. The standard InChI is InChI=1S/C19H15N9O5/c1-32-14-8-2-11(3-9-14)10-21-23-19(29)15-16(12-4-6-13(7-5-12)28(30)31)27(26-22-15)18-17(20)24-33-25-18/h2-10H,1H3,(H2,20,24)(H,23,29)/b21-10-. The number of rotatable bonds is 7. The number of nitrogens with zero attached hydrogens (tertiary/aromatic N) is 7. The number of nitro groups is 1. The van der Waals surface area contributed by atoms with Gasteiger partial charge in [0.05, 0.1) is 18.2 Å². The number of benzene rings is 2. The Morgan fingerprint density at radius 3 is 2.55 bits per heavy atom. The molecule has 0 aliphatic carbocycles. The number of hydrogen-bond acceptors (Lipinski definition) is 11. The number of carbonyl (C=O) groups is 1. The molecular formula is C19H15N9O5. The minimum absolute atomic E-state index is 0.00311. The second kappa shape index (κ2) is 8.93. The number of ether oxygens (including phenoxy) is 1. The van der Waals surface area contributed by atoms with Gasteiger partial charge in [0.1, 0.15) is 11.4 Å². The van der Waals surface area contributed by atoms with Crippen molar-refractivity contribution in [3.8, 4) is 22.8 Å². The number of non-ortho nitro benzene ring substituents is 1. The summed E-state index contributed by atoms with van der Waals surface area (Å²) in [5.41, 5.74) is 9.14. The van der Waals surface area contributed by atoms with Gasteiger partial charge in [-0.25, -0.2) is 10.1 Å². The number of hydrogen-bond donors (Lipinski definition) is 2. The van der Waals surface area contributed by atoms with Crippen molar-refractivity contribution in [3.05, 3.63) is 69.9 Å². The molecule has 0 unspecified atom stereocenters. The lowest BCUT2D eigenvalue weighted by molar-refractivity contribution is -0.384. The van der Waals surface area contributed by atoms with E-state index in [1.165, 1.54) is 30.5 Å². The highest BCUT2D eigenvalue weighted by atomic mass is 16.6. The Bertz CT molecular complexity index is 1330. The normalized spacial score (nSPS) is 10.9. The Morgan fingerprint density at radius 2 is 1.94 bits per heavy atom. The second-order valence-corrected chi connectivity index (χ2v) is 6.45. The van der Waals surface area contributed by atoms with Crippen molar-refractivity contribution in [2.75, 3.05) is 12.8 Å². The zero-order chi connectivity index (χ0) is 23.4. The molecule has 0 fully saturated rings. The summed E-state index contributed by atoms with van der Waals surface area (Å²) in [5, 5.41) is 29.9. The smallest absolute Gasteiger partial charge is 0.294 e. The third kappa shape index (κ3) is 4.34. The summed E-state index contributed by atoms with van der Waals surface area (Å²) < 4.78 is 10.8. The van der Waals surface area contributed by atoms with Gasteiger partial charge in [-0.2, -0.15) is 9.78 Å². The highest BCUT2D eigenvalue weighted by molar-refractivity contribution is 5.98. The fraction of sp³-hybridized carbons (Fsp3) is 0.0526. The Hall–Kier alpha value is -5.14. The number of nitrogens with two attached hydrogens (primary N) is 1. The summed E-state index contributed by atoms with van der Waals surface area (Å²) in [6, 6.07) is 12.4. The Morgan fingerprint density at radius 1 is 1.21 bits per heavy atom. The van der Waals surface area contributed by atoms with Crippen LogP contribution < -0.4 is 15.9 Å². The molecule has 0 aliphatic rings. The van der Waals surface area contributed by atoms with Crippen LogP contribution in [0.4, 0.5) is 11.5 Å². The van der Waals surface area contributed by atoms with Crippen LogP contribution >= 0.6 is 0 Å². The van der Waals surface area contributed by atoms with E-state index in [1.54, 1.807) is 31.4 Å². The predicted octanol–water partition coefficient (Wildman–Crippen LogP) is 1.58. The molecule has 2 aromatic carbocycles. The molecule has 0 spiro atoms. The molecule has 1 amide bonds. The van der Waals surface area contributed by atoms with Crippen LogP contribution in [0.2, 0.25) is 0 Å². The monoisotopic (exact) mass is 449 g/mol. The van der Waals surface area contributed by atoms with Crippen molar-refractivity contribution >= 4 is 23.6 Å². The number of nitrogen functional groups attached to an aromatic ring is 1. The first-order valence-electron chi connectivity index (χ1n) is 9.24. The van der Waals surface area contributed by atoms with Gasteiger partial charge in [-0.1, -0.05) is 5.21 Å². The number of nitrogens with one attached hydrogen (secondary N) is 1. The van der Waals surface area contributed by atoms with Crippen LogP contribution in [0.1, 0.15) is 16.1 Å². The average Bonchev–Trinajstić information content (AvgIpc) is 3.45. The zero-order valence-electron chi connectivity index (χ0n) is 16.9. The molecule has 4 aromatic rings. The molecule has 33 heavy (non-hydrogen) atoms. The molecule has 0 radical (unpaired) electrons. The summed E-state index contributed by atoms with van der Waals surface area (Å²) in [7, 11) is 1.56.